The zero-order valence-electron chi connectivity index (χ0n) is 22.0. The molecule has 1 aliphatic heterocycles. The minimum Gasteiger partial charge on any atom is -0.497 e. The summed E-state index contributed by atoms with van der Waals surface area (Å²) in [5, 5.41) is 3.47. The SMILES string of the molecule is COCCCOc1cc(C(=O)N(C(C)C)C2CNCCC2COCc2cccc(OC)c2)ccc1N. The highest BCUT2D eigenvalue weighted by Gasteiger charge is 2.35. The van der Waals surface area contributed by atoms with Gasteiger partial charge in [0, 0.05) is 50.2 Å². The smallest absolute Gasteiger partial charge is 0.254 e. The standard InChI is InChI=1S/C28H41N3O5/c1-20(2)31(28(32)22-9-10-25(29)27(16-22)36-14-6-13-33-3)26-17-30-12-11-23(26)19-35-18-21-7-5-8-24(15-21)34-4/h5,7-10,15-16,20,23,26,30H,6,11-14,17-19,29H2,1-4H3. The Morgan fingerprint density at radius 3 is 2.75 bits per heavy atom. The molecular formula is C28H41N3O5. The second kappa shape index (κ2) is 14.1. The van der Waals surface area contributed by atoms with Gasteiger partial charge in [-0.15, -0.1) is 0 Å². The Morgan fingerprint density at radius 1 is 1.17 bits per heavy atom. The number of amides is 1. The molecule has 2 aromatic carbocycles. The van der Waals surface area contributed by atoms with Crippen molar-refractivity contribution in [2.24, 2.45) is 5.92 Å². The van der Waals surface area contributed by atoms with Crippen molar-refractivity contribution >= 4 is 11.6 Å². The van der Waals surface area contributed by atoms with Crippen molar-refractivity contribution in [1.82, 2.24) is 10.2 Å². The number of piperidine rings is 1. The van der Waals surface area contributed by atoms with E-state index in [1.807, 2.05) is 29.2 Å². The molecule has 2 unspecified atom stereocenters. The van der Waals surface area contributed by atoms with Gasteiger partial charge in [0.05, 0.1) is 32.6 Å². The van der Waals surface area contributed by atoms with Crippen molar-refractivity contribution in [2.75, 3.05) is 52.9 Å². The van der Waals surface area contributed by atoms with Crippen molar-refractivity contribution in [3.63, 3.8) is 0 Å². The van der Waals surface area contributed by atoms with Crippen LogP contribution >= 0.6 is 0 Å². The van der Waals surface area contributed by atoms with E-state index in [4.69, 9.17) is 24.7 Å². The van der Waals surface area contributed by atoms with E-state index in [0.29, 0.717) is 43.4 Å². The number of carbonyl (C=O) groups excluding carboxylic acids is 1. The summed E-state index contributed by atoms with van der Waals surface area (Å²) in [5.41, 5.74) is 8.26. The van der Waals surface area contributed by atoms with Crippen LogP contribution in [0.5, 0.6) is 11.5 Å². The normalized spacial score (nSPS) is 17.7. The van der Waals surface area contributed by atoms with Crippen LogP contribution in [0, 0.1) is 5.92 Å². The summed E-state index contributed by atoms with van der Waals surface area (Å²) in [7, 11) is 3.32. The third-order valence-corrected chi connectivity index (χ3v) is 6.48. The van der Waals surface area contributed by atoms with Crippen LogP contribution in [0.3, 0.4) is 0 Å². The van der Waals surface area contributed by atoms with Gasteiger partial charge < -0.3 is 34.9 Å². The van der Waals surface area contributed by atoms with Gasteiger partial charge in [-0.05, 0) is 62.7 Å². The first-order valence-corrected chi connectivity index (χ1v) is 12.7. The topological polar surface area (TPSA) is 95.3 Å². The highest BCUT2D eigenvalue weighted by Crippen LogP contribution is 2.28. The molecule has 1 aliphatic rings. The number of ether oxygens (including phenoxy) is 4. The summed E-state index contributed by atoms with van der Waals surface area (Å²) >= 11 is 0. The van der Waals surface area contributed by atoms with Gasteiger partial charge in [0.2, 0.25) is 0 Å². The largest absolute Gasteiger partial charge is 0.497 e. The molecule has 8 nitrogen and oxygen atoms in total. The molecule has 36 heavy (non-hydrogen) atoms. The van der Waals surface area contributed by atoms with E-state index in [1.165, 1.54) is 0 Å². The fraction of sp³-hybridized carbons (Fsp3) is 0.536. The first-order valence-electron chi connectivity index (χ1n) is 12.7. The van der Waals surface area contributed by atoms with Gasteiger partial charge in [-0.3, -0.25) is 4.79 Å². The molecule has 1 heterocycles. The number of hydrogen-bond donors (Lipinski definition) is 2. The molecule has 0 spiro atoms. The lowest BCUT2D eigenvalue weighted by Crippen LogP contribution is -2.56. The van der Waals surface area contributed by atoms with Gasteiger partial charge >= 0.3 is 0 Å². The maximum atomic E-state index is 13.8. The lowest BCUT2D eigenvalue weighted by atomic mass is 9.90. The van der Waals surface area contributed by atoms with E-state index >= 15 is 0 Å². The Labute approximate surface area is 215 Å². The zero-order chi connectivity index (χ0) is 25.9. The second-order valence-corrected chi connectivity index (χ2v) is 9.44. The van der Waals surface area contributed by atoms with Crippen LogP contribution in [0.15, 0.2) is 42.5 Å². The fourth-order valence-corrected chi connectivity index (χ4v) is 4.60. The number of benzene rings is 2. The highest BCUT2D eigenvalue weighted by atomic mass is 16.5. The fourth-order valence-electron chi connectivity index (χ4n) is 4.60. The van der Waals surface area contributed by atoms with E-state index in [0.717, 1.165) is 37.2 Å². The molecule has 1 fully saturated rings. The predicted molar refractivity (Wildman–Crippen MR) is 142 cm³/mol. The summed E-state index contributed by atoms with van der Waals surface area (Å²) in [6, 6.07) is 13.2. The van der Waals surface area contributed by atoms with Crippen molar-refractivity contribution in [2.45, 2.75) is 45.4 Å². The van der Waals surface area contributed by atoms with Crippen LogP contribution in [0.4, 0.5) is 5.69 Å². The van der Waals surface area contributed by atoms with Crippen LogP contribution < -0.4 is 20.5 Å². The van der Waals surface area contributed by atoms with Gasteiger partial charge in [0.25, 0.3) is 5.91 Å². The average molecular weight is 500 g/mol. The van der Waals surface area contributed by atoms with Gasteiger partial charge in [-0.25, -0.2) is 0 Å². The first-order chi connectivity index (χ1) is 17.4. The number of nitrogens with zero attached hydrogens (tertiary/aromatic N) is 1. The van der Waals surface area contributed by atoms with Crippen LogP contribution in [0.1, 0.15) is 42.6 Å². The predicted octanol–water partition coefficient (Wildman–Crippen LogP) is 3.74. The third kappa shape index (κ3) is 7.59. The Kier molecular flexibility index (Phi) is 10.8. The van der Waals surface area contributed by atoms with Crippen LogP contribution in [0.25, 0.3) is 0 Å². The third-order valence-electron chi connectivity index (χ3n) is 6.48. The van der Waals surface area contributed by atoms with E-state index in [9.17, 15) is 4.79 Å². The highest BCUT2D eigenvalue weighted by molar-refractivity contribution is 5.95. The zero-order valence-corrected chi connectivity index (χ0v) is 22.0. The minimum absolute atomic E-state index is 0.0141. The maximum absolute atomic E-state index is 13.8. The lowest BCUT2D eigenvalue weighted by Gasteiger charge is -2.42. The van der Waals surface area contributed by atoms with Gasteiger partial charge in [0.1, 0.15) is 11.5 Å². The van der Waals surface area contributed by atoms with Crippen LogP contribution in [-0.4, -0.2) is 70.0 Å². The number of hydrogen-bond acceptors (Lipinski definition) is 7. The van der Waals surface area contributed by atoms with Crippen molar-refractivity contribution in [3.05, 3.63) is 53.6 Å². The quantitative estimate of drug-likeness (QED) is 0.320. The van der Waals surface area contributed by atoms with E-state index < -0.39 is 0 Å². The number of anilines is 1. The summed E-state index contributed by atoms with van der Waals surface area (Å²) in [6.07, 6.45) is 1.69. The molecule has 198 valence electrons. The number of methoxy groups -OCH3 is 2. The molecule has 2 aromatic rings. The molecule has 2 atom stereocenters. The van der Waals surface area contributed by atoms with Crippen molar-refractivity contribution in [1.29, 1.82) is 0 Å². The monoisotopic (exact) mass is 499 g/mol. The molecule has 0 saturated carbocycles. The molecule has 3 rings (SSSR count). The van der Waals surface area contributed by atoms with Crippen molar-refractivity contribution < 1.29 is 23.7 Å². The summed E-state index contributed by atoms with van der Waals surface area (Å²) < 4.78 is 22.4. The Bertz CT molecular complexity index is 968. The van der Waals surface area contributed by atoms with Gasteiger partial charge in [-0.1, -0.05) is 12.1 Å². The first kappa shape index (κ1) is 27.8. The Hall–Kier alpha value is -2.81. The molecule has 0 aromatic heterocycles. The number of carbonyl (C=O) groups is 1. The second-order valence-electron chi connectivity index (χ2n) is 9.44. The Morgan fingerprint density at radius 2 is 2.00 bits per heavy atom. The van der Waals surface area contributed by atoms with E-state index in [2.05, 4.69) is 19.2 Å². The van der Waals surface area contributed by atoms with Gasteiger partial charge in [0.15, 0.2) is 0 Å². The van der Waals surface area contributed by atoms with E-state index in [-0.39, 0.29) is 23.9 Å². The molecule has 0 radical (unpaired) electrons. The van der Waals surface area contributed by atoms with Gasteiger partial charge in [-0.2, -0.15) is 0 Å². The number of nitrogens with one attached hydrogen (secondary N) is 1. The number of nitrogens with two attached hydrogens (primary N) is 1. The summed E-state index contributed by atoms with van der Waals surface area (Å²) in [6.45, 7) is 7.91. The molecule has 3 N–H and O–H groups in total. The Balaban J connectivity index is 1.70. The summed E-state index contributed by atoms with van der Waals surface area (Å²) in [5.74, 6) is 1.54. The molecule has 8 heteroatoms. The maximum Gasteiger partial charge on any atom is 0.254 e. The minimum atomic E-state index is -0.0294. The lowest BCUT2D eigenvalue weighted by molar-refractivity contribution is 0.0154. The number of rotatable bonds is 13. The molecule has 1 saturated heterocycles. The molecule has 1 amide bonds. The van der Waals surface area contributed by atoms with Crippen LogP contribution in [0.2, 0.25) is 0 Å². The molecular weight excluding hydrogens is 458 g/mol. The average Bonchev–Trinajstić information content (AvgIpc) is 2.88. The molecule has 0 aliphatic carbocycles. The molecule has 0 bridgehead atoms. The number of nitrogen functional groups attached to an aromatic ring is 1. The van der Waals surface area contributed by atoms with E-state index in [1.54, 1.807) is 32.4 Å². The summed E-state index contributed by atoms with van der Waals surface area (Å²) in [4.78, 5) is 15.7. The van der Waals surface area contributed by atoms with Crippen LogP contribution in [-0.2, 0) is 16.1 Å². The van der Waals surface area contributed by atoms with Crippen molar-refractivity contribution in [3.8, 4) is 11.5 Å².